The van der Waals surface area contributed by atoms with E-state index in [1.54, 1.807) is 6.92 Å². The third kappa shape index (κ3) is 17.2. The van der Waals surface area contributed by atoms with Gasteiger partial charge in [-0.1, -0.05) is 77.0 Å². The molecule has 20 heteroatoms. The minimum Gasteiger partial charge on any atom is -0.469 e. The molecule has 0 aromatic rings. The highest BCUT2D eigenvalue weighted by Gasteiger charge is 2.47. The molecule has 0 spiro atoms. The van der Waals surface area contributed by atoms with Gasteiger partial charge in [0.2, 0.25) is 0 Å². The maximum absolute atomic E-state index is 12.0. The number of esters is 1. The highest BCUT2D eigenvalue weighted by Crippen LogP contribution is 2.29. The van der Waals surface area contributed by atoms with Crippen LogP contribution < -0.4 is 0 Å². The van der Waals surface area contributed by atoms with Crippen LogP contribution >= 0.6 is 0 Å². The second kappa shape index (κ2) is 28.6. The summed E-state index contributed by atoms with van der Waals surface area (Å²) in [4.78, 5) is 12.0. The Kier molecular flexibility index (Phi) is 25.4. The third-order valence-corrected chi connectivity index (χ3v) is 11.9. The molecule has 12 N–H and O–H groups in total. The van der Waals surface area contributed by atoms with Gasteiger partial charge in [0.05, 0.1) is 51.7 Å². The van der Waals surface area contributed by atoms with E-state index in [0.717, 1.165) is 77.0 Å². The summed E-state index contributed by atoms with van der Waals surface area (Å²) in [6.45, 7) is 0.103. The monoisotopic (exact) mass is 888 g/mol. The number of unbranched alkanes of at least 4 members (excludes halogenated alkanes) is 10. The molecular weight excluding hydrogens is 812 g/mol. The normalized spacial score (nSPS) is 36.1. The van der Waals surface area contributed by atoms with Gasteiger partial charge in [-0.25, -0.2) is 0 Å². The number of ether oxygens (including phenoxy) is 7. The van der Waals surface area contributed by atoms with Gasteiger partial charge in [0.1, 0.15) is 73.2 Å². The lowest BCUT2D eigenvalue weighted by atomic mass is 9.98. The van der Waals surface area contributed by atoms with E-state index in [1.807, 2.05) is 0 Å². The largest absolute Gasteiger partial charge is 0.469 e. The molecule has 0 unspecified atom stereocenters. The van der Waals surface area contributed by atoms with Crippen molar-refractivity contribution in [1.82, 2.24) is 0 Å². The molecule has 0 bridgehead atoms. The van der Waals surface area contributed by atoms with E-state index in [-0.39, 0.29) is 18.6 Å². The SMILES string of the molecule is COC(=O)C[C@@H](CCCCCCCCCCC[C@@H](CCCCC[C@H](C)O[C@H]1O[C@@H](CO)[C@H](O)[C@@H](O)[C@@H]1O)O[C@@H]1O[C@H](CO)[C@@H](O)[C@H](O)[C@@H]1O)O[C@@H]1O[C@H](CO)[C@@H](O)[C@@H](O)[C@@H]1O. The Morgan fingerprint density at radius 1 is 0.443 bits per heavy atom. The Morgan fingerprint density at radius 3 is 1.13 bits per heavy atom. The van der Waals surface area contributed by atoms with Crippen LogP contribution in [-0.2, 0) is 38.0 Å². The minimum absolute atomic E-state index is 0.0915. The van der Waals surface area contributed by atoms with Gasteiger partial charge in [-0.3, -0.25) is 4.79 Å². The third-order valence-electron chi connectivity index (χ3n) is 11.9. The Balaban J connectivity index is 1.37. The average molecular weight is 889 g/mol. The Bertz CT molecular complexity index is 1170. The lowest BCUT2D eigenvalue weighted by Crippen LogP contribution is -2.59. The van der Waals surface area contributed by atoms with Crippen LogP contribution in [0.5, 0.6) is 0 Å². The van der Waals surface area contributed by atoms with E-state index < -0.39 is 124 Å². The van der Waals surface area contributed by atoms with Crippen molar-refractivity contribution in [3.8, 4) is 0 Å². The number of rotatable bonds is 29. The van der Waals surface area contributed by atoms with E-state index in [9.17, 15) is 66.1 Å². The summed E-state index contributed by atoms with van der Waals surface area (Å²) in [5.41, 5.74) is 0. The van der Waals surface area contributed by atoms with Crippen molar-refractivity contribution in [3.05, 3.63) is 0 Å². The summed E-state index contributed by atoms with van der Waals surface area (Å²) >= 11 is 0. The molecule has 0 aromatic heterocycles. The van der Waals surface area contributed by atoms with Gasteiger partial charge >= 0.3 is 5.97 Å². The second-order valence-electron chi connectivity index (χ2n) is 16.7. The number of hydrogen-bond donors (Lipinski definition) is 12. The zero-order chi connectivity index (χ0) is 45.1. The number of aliphatic hydroxyl groups is 12. The van der Waals surface area contributed by atoms with Gasteiger partial charge in [-0.15, -0.1) is 0 Å². The van der Waals surface area contributed by atoms with Crippen LogP contribution in [0.4, 0.5) is 0 Å². The van der Waals surface area contributed by atoms with Gasteiger partial charge in [0, 0.05) is 0 Å². The van der Waals surface area contributed by atoms with E-state index in [4.69, 9.17) is 33.2 Å². The molecule has 3 aliphatic rings. The van der Waals surface area contributed by atoms with Gasteiger partial charge in [-0.2, -0.15) is 0 Å². The summed E-state index contributed by atoms with van der Waals surface area (Å²) in [6, 6.07) is 0. The van der Waals surface area contributed by atoms with Crippen LogP contribution in [0, 0.1) is 0 Å². The zero-order valence-corrected chi connectivity index (χ0v) is 35.7. The topological polar surface area (TPSA) is 324 Å². The highest BCUT2D eigenvalue weighted by atomic mass is 16.7. The van der Waals surface area contributed by atoms with Gasteiger partial charge in [0.25, 0.3) is 0 Å². The fourth-order valence-corrected chi connectivity index (χ4v) is 7.95. The lowest BCUT2D eigenvalue weighted by Gasteiger charge is -2.41. The van der Waals surface area contributed by atoms with Crippen molar-refractivity contribution >= 4 is 5.97 Å². The Labute approximate surface area is 358 Å². The van der Waals surface area contributed by atoms with Crippen LogP contribution in [0.25, 0.3) is 0 Å². The molecule has 0 saturated carbocycles. The van der Waals surface area contributed by atoms with Crippen LogP contribution in [-0.4, -0.2) is 205 Å². The first-order chi connectivity index (χ1) is 29.2. The molecule has 0 radical (unpaired) electrons. The molecule has 3 aliphatic heterocycles. The first-order valence-electron chi connectivity index (χ1n) is 22.1. The maximum atomic E-state index is 12.0. The molecule has 3 saturated heterocycles. The number of methoxy groups -OCH3 is 1. The summed E-state index contributed by atoms with van der Waals surface area (Å²) in [7, 11) is 1.26. The van der Waals surface area contributed by atoms with Crippen molar-refractivity contribution in [3.63, 3.8) is 0 Å². The highest BCUT2D eigenvalue weighted by molar-refractivity contribution is 5.69. The number of carbonyl (C=O) groups is 1. The van der Waals surface area contributed by atoms with Crippen LogP contribution in [0.3, 0.4) is 0 Å². The smallest absolute Gasteiger partial charge is 0.308 e. The van der Waals surface area contributed by atoms with E-state index >= 15 is 0 Å². The van der Waals surface area contributed by atoms with Gasteiger partial charge < -0.3 is 94.4 Å². The average Bonchev–Trinajstić information content (AvgIpc) is 3.25. The van der Waals surface area contributed by atoms with Crippen molar-refractivity contribution in [2.75, 3.05) is 26.9 Å². The zero-order valence-electron chi connectivity index (χ0n) is 35.7. The summed E-state index contributed by atoms with van der Waals surface area (Å²) < 4.78 is 39.0. The Hall–Kier alpha value is -1.25. The maximum Gasteiger partial charge on any atom is 0.308 e. The number of aliphatic hydroxyl groups excluding tert-OH is 12. The lowest BCUT2D eigenvalue weighted by molar-refractivity contribution is -0.312. The molecule has 360 valence electrons. The van der Waals surface area contributed by atoms with Crippen molar-refractivity contribution < 1.29 is 99.2 Å². The molecular formula is C41H76O20. The molecule has 18 atom stereocenters. The van der Waals surface area contributed by atoms with Crippen molar-refractivity contribution in [1.29, 1.82) is 0 Å². The van der Waals surface area contributed by atoms with Gasteiger partial charge in [0.15, 0.2) is 18.9 Å². The second-order valence-corrected chi connectivity index (χ2v) is 16.7. The van der Waals surface area contributed by atoms with Crippen LogP contribution in [0.15, 0.2) is 0 Å². The van der Waals surface area contributed by atoms with Gasteiger partial charge in [-0.05, 0) is 32.6 Å². The first-order valence-corrected chi connectivity index (χ1v) is 22.1. The van der Waals surface area contributed by atoms with Crippen molar-refractivity contribution in [2.24, 2.45) is 0 Å². The van der Waals surface area contributed by atoms with Crippen LogP contribution in [0.1, 0.15) is 116 Å². The molecule has 20 nitrogen and oxygen atoms in total. The number of hydrogen-bond acceptors (Lipinski definition) is 20. The summed E-state index contributed by atoms with van der Waals surface area (Å²) in [5, 5.41) is 120. The molecule has 3 heterocycles. The predicted molar refractivity (Wildman–Crippen MR) is 212 cm³/mol. The predicted octanol–water partition coefficient (Wildman–Crippen LogP) is -1.63. The van der Waals surface area contributed by atoms with E-state index in [0.29, 0.717) is 25.7 Å². The molecule has 3 rings (SSSR count). The van der Waals surface area contributed by atoms with E-state index in [1.165, 1.54) is 7.11 Å². The fourth-order valence-electron chi connectivity index (χ4n) is 7.95. The first kappa shape index (κ1) is 54.1. The Morgan fingerprint density at radius 2 is 0.754 bits per heavy atom. The standard InChI is InChI=1S/C41H76O20/c1-23(56-39-36(52)33(49)30(46)26(20-42)59-39)15-11-10-14-17-24(57-40-37(53)34(50)31(47)27(21-43)60-40)16-12-8-6-4-3-5-7-9-13-18-25(19-29(45)55-2)58-41-38(54)35(51)32(48)28(22-44)61-41/h23-28,30-44,46-54H,3-22H2,1-2H3/t23-,24-,25+,26-,27+,28+,30-,31+,32+,33+,34-,35+,36-,37-,38-,39-,40+,41+/m0/s1. The van der Waals surface area contributed by atoms with E-state index in [2.05, 4.69) is 0 Å². The molecule has 3 fully saturated rings. The summed E-state index contributed by atoms with van der Waals surface area (Å²) in [5.74, 6) is -0.507. The molecule has 0 aromatic carbocycles. The fraction of sp³-hybridized carbons (Fsp3) is 0.976. The quantitative estimate of drug-likeness (QED) is 0.0296. The molecule has 0 amide bonds. The molecule has 61 heavy (non-hydrogen) atoms. The van der Waals surface area contributed by atoms with Crippen LogP contribution in [0.2, 0.25) is 0 Å². The summed E-state index contributed by atoms with van der Waals surface area (Å²) in [6.07, 6.45) is -9.17. The van der Waals surface area contributed by atoms with Crippen molar-refractivity contribution in [2.45, 2.75) is 227 Å². The number of carbonyl (C=O) groups excluding carboxylic acids is 1. The minimum atomic E-state index is -1.58. The molecule has 0 aliphatic carbocycles.